The first kappa shape index (κ1) is 41.2. The smallest absolute Gasteiger partial charge is 0.252 e. The summed E-state index contributed by atoms with van der Waals surface area (Å²) < 4.78 is 112. The van der Waals surface area contributed by atoms with Crippen molar-refractivity contribution in [3.63, 3.8) is 0 Å². The molecule has 0 atom stereocenters. The lowest BCUT2D eigenvalue weighted by Crippen LogP contribution is -2.29. The number of imidazole rings is 3. The maximum Gasteiger partial charge on any atom is 0.252 e. The minimum Gasteiger partial charge on any atom is -0.744 e. The van der Waals surface area contributed by atoms with Crippen LogP contribution >= 0.6 is 0 Å². The van der Waals surface area contributed by atoms with Gasteiger partial charge in [-0.05, 0) is 55.8 Å². The van der Waals surface area contributed by atoms with Crippen LogP contribution in [0.3, 0.4) is 0 Å². The van der Waals surface area contributed by atoms with Crippen LogP contribution in [0.2, 0.25) is 0 Å². The van der Waals surface area contributed by atoms with Crippen LogP contribution in [-0.4, -0.2) is 52.6 Å². The SMILES string of the molecule is CCn1cc[n+](C)c1C.CCn1cc[n+](C)c1C.CCn1cc[n+](C)c1C.O=S(=O)([O-])c1ccc2c(S(=O)(=O)[O-])cc(S(=O)(=O)[O-])cc2c1. The molecule has 15 nitrogen and oxygen atoms in total. The van der Waals surface area contributed by atoms with Gasteiger partial charge in [0.15, 0.2) is 0 Å². The number of aryl methyl sites for hydroxylation is 6. The van der Waals surface area contributed by atoms with Gasteiger partial charge in [0.1, 0.15) is 67.5 Å². The van der Waals surface area contributed by atoms with Crippen molar-refractivity contribution in [1.29, 1.82) is 0 Å². The summed E-state index contributed by atoms with van der Waals surface area (Å²) in [5, 5.41) is -0.668. The Labute approximate surface area is 288 Å². The highest BCUT2D eigenvalue weighted by Gasteiger charge is 2.15. The molecule has 0 saturated carbocycles. The normalized spacial score (nSPS) is 11.6. The van der Waals surface area contributed by atoms with Gasteiger partial charge in [-0.3, -0.25) is 0 Å². The number of benzene rings is 2. The molecule has 0 bridgehead atoms. The fourth-order valence-corrected chi connectivity index (χ4v) is 6.43. The van der Waals surface area contributed by atoms with Crippen molar-refractivity contribution in [2.45, 2.75) is 75.9 Å². The zero-order valence-corrected chi connectivity index (χ0v) is 31.5. The van der Waals surface area contributed by atoms with E-state index in [4.69, 9.17) is 0 Å². The number of aromatic nitrogens is 6. The Balaban J connectivity index is 0.000000254. The van der Waals surface area contributed by atoms with E-state index in [9.17, 15) is 38.9 Å². The molecule has 2 aromatic carbocycles. The predicted molar refractivity (Wildman–Crippen MR) is 176 cm³/mol. The van der Waals surface area contributed by atoms with E-state index in [1.807, 2.05) is 0 Å². The number of hydrogen-bond acceptors (Lipinski definition) is 9. The Kier molecular flexibility index (Phi) is 14.0. The van der Waals surface area contributed by atoms with Gasteiger partial charge >= 0.3 is 0 Å². The molecule has 270 valence electrons. The van der Waals surface area contributed by atoms with E-state index in [0.29, 0.717) is 18.2 Å². The van der Waals surface area contributed by atoms with Crippen LogP contribution in [0, 0.1) is 20.8 Å². The molecule has 0 aliphatic carbocycles. The minimum atomic E-state index is -5.14. The molecule has 0 fully saturated rings. The first-order chi connectivity index (χ1) is 22.6. The van der Waals surface area contributed by atoms with Crippen LogP contribution in [0.25, 0.3) is 10.8 Å². The summed E-state index contributed by atoms with van der Waals surface area (Å²) in [6, 6.07) is 3.39. The van der Waals surface area contributed by atoms with Gasteiger partial charge < -0.3 is 13.7 Å². The lowest BCUT2D eigenvalue weighted by Gasteiger charge is -2.16. The average Bonchev–Trinajstić information content (AvgIpc) is 3.65. The highest BCUT2D eigenvalue weighted by Crippen LogP contribution is 2.29. The van der Waals surface area contributed by atoms with E-state index < -0.39 is 45.0 Å². The second-order valence-corrected chi connectivity index (χ2v) is 15.0. The van der Waals surface area contributed by atoms with Crippen molar-refractivity contribution in [3.8, 4) is 0 Å². The fraction of sp³-hybridized carbons (Fsp3) is 0.387. The fourth-order valence-electron chi connectivity index (χ4n) is 4.59. The van der Waals surface area contributed by atoms with Gasteiger partial charge in [0, 0.05) is 20.8 Å². The Hall–Kier alpha value is -3.94. The molecule has 0 amide bonds. The second kappa shape index (κ2) is 16.6. The molecular weight excluding hydrogens is 697 g/mol. The van der Waals surface area contributed by atoms with Gasteiger partial charge in [-0.15, -0.1) is 0 Å². The van der Waals surface area contributed by atoms with Crippen LogP contribution < -0.4 is 13.7 Å². The van der Waals surface area contributed by atoms with Gasteiger partial charge in [0.2, 0.25) is 0 Å². The lowest BCUT2D eigenvalue weighted by molar-refractivity contribution is -0.677. The summed E-state index contributed by atoms with van der Waals surface area (Å²) in [6.45, 7) is 16.0. The number of nitrogens with zero attached hydrogens (tertiary/aromatic N) is 6. The zero-order chi connectivity index (χ0) is 37.5. The van der Waals surface area contributed by atoms with Crippen molar-refractivity contribution >= 4 is 41.1 Å². The van der Waals surface area contributed by atoms with Gasteiger partial charge in [-0.25, -0.2) is 52.7 Å². The molecule has 5 rings (SSSR count). The Morgan fingerprint density at radius 2 is 0.898 bits per heavy atom. The molecule has 49 heavy (non-hydrogen) atoms. The van der Waals surface area contributed by atoms with E-state index in [1.54, 1.807) is 0 Å². The molecular formula is C31H44N6O9S3. The van der Waals surface area contributed by atoms with Crippen molar-refractivity contribution in [2.24, 2.45) is 21.1 Å². The molecule has 0 aliphatic heterocycles. The molecule has 5 aromatic rings. The van der Waals surface area contributed by atoms with Crippen LogP contribution in [-0.2, 0) is 71.1 Å². The number of hydrogen-bond donors (Lipinski definition) is 0. The number of fused-ring (bicyclic) bond motifs is 1. The molecule has 3 heterocycles. The quantitative estimate of drug-likeness (QED) is 0.183. The highest BCUT2D eigenvalue weighted by molar-refractivity contribution is 7.86. The van der Waals surface area contributed by atoms with Crippen LogP contribution in [0.1, 0.15) is 38.2 Å². The first-order valence-corrected chi connectivity index (χ1v) is 19.3. The van der Waals surface area contributed by atoms with Crippen molar-refractivity contribution < 1.29 is 52.6 Å². The van der Waals surface area contributed by atoms with Crippen molar-refractivity contribution in [2.75, 3.05) is 0 Å². The van der Waals surface area contributed by atoms with Gasteiger partial charge in [-0.2, -0.15) is 0 Å². The van der Waals surface area contributed by atoms with E-state index in [1.165, 1.54) is 17.5 Å². The first-order valence-electron chi connectivity index (χ1n) is 15.1. The Bertz CT molecular complexity index is 2120. The van der Waals surface area contributed by atoms with Crippen LogP contribution in [0.5, 0.6) is 0 Å². The third-order valence-corrected chi connectivity index (χ3v) is 10.4. The highest BCUT2D eigenvalue weighted by atomic mass is 32.2. The molecule has 0 N–H and O–H groups in total. The Morgan fingerprint density at radius 3 is 1.14 bits per heavy atom. The van der Waals surface area contributed by atoms with E-state index >= 15 is 0 Å². The van der Waals surface area contributed by atoms with Crippen LogP contribution in [0.4, 0.5) is 0 Å². The third kappa shape index (κ3) is 11.0. The Morgan fingerprint density at radius 1 is 0.551 bits per heavy atom. The summed E-state index contributed by atoms with van der Waals surface area (Å²) in [6.07, 6.45) is 12.5. The maximum absolute atomic E-state index is 11.2. The third-order valence-electron chi connectivity index (χ3n) is 7.92. The molecule has 0 spiro atoms. The number of rotatable bonds is 6. The average molecular weight is 741 g/mol. The lowest BCUT2D eigenvalue weighted by atomic mass is 10.1. The molecule has 0 saturated heterocycles. The standard InChI is InChI=1S/C10H8O9S3.3C7H13N2/c11-20(12,13)7-1-2-9-6(3-7)4-8(21(14,15)16)5-10(9)22(17,18)19;3*1-4-9-6-5-8(3)7(9)2/h1-5H,(H,11,12,13)(H,14,15,16)(H,17,18,19);3*5-6H,4H2,1-3H3/q;3*+1/p-3. The monoisotopic (exact) mass is 740 g/mol. The summed E-state index contributed by atoms with van der Waals surface area (Å²) in [5.74, 6) is 3.91. The van der Waals surface area contributed by atoms with E-state index in [2.05, 4.69) is 127 Å². The molecule has 0 radical (unpaired) electrons. The molecule has 18 heteroatoms. The zero-order valence-electron chi connectivity index (χ0n) is 29.1. The topological polar surface area (TPSA) is 198 Å². The molecule has 0 unspecified atom stereocenters. The van der Waals surface area contributed by atoms with Crippen molar-refractivity contribution in [3.05, 3.63) is 85.0 Å². The summed E-state index contributed by atoms with van der Waals surface area (Å²) in [5.41, 5.74) is 0. The van der Waals surface area contributed by atoms with Gasteiger partial charge in [0.25, 0.3) is 17.5 Å². The minimum absolute atomic E-state index is 0.310. The van der Waals surface area contributed by atoms with E-state index in [0.717, 1.165) is 31.8 Å². The second-order valence-electron chi connectivity index (χ2n) is 10.9. The van der Waals surface area contributed by atoms with E-state index in [-0.39, 0.29) is 10.8 Å². The molecule has 3 aromatic heterocycles. The largest absolute Gasteiger partial charge is 0.744 e. The summed E-state index contributed by atoms with van der Waals surface area (Å²) in [7, 11) is -8.97. The summed E-state index contributed by atoms with van der Waals surface area (Å²) >= 11 is 0. The van der Waals surface area contributed by atoms with Crippen LogP contribution in [0.15, 0.2) is 82.2 Å². The van der Waals surface area contributed by atoms with Gasteiger partial charge in [-0.1, -0.05) is 6.07 Å². The van der Waals surface area contributed by atoms with Gasteiger partial charge in [0.05, 0.1) is 55.5 Å². The molecule has 0 aliphatic rings. The maximum atomic E-state index is 11.2. The summed E-state index contributed by atoms with van der Waals surface area (Å²) in [4.78, 5) is -2.81. The van der Waals surface area contributed by atoms with Crippen molar-refractivity contribution in [1.82, 2.24) is 13.7 Å². The predicted octanol–water partition coefficient (Wildman–Crippen LogP) is 1.47.